The molecule has 0 spiro atoms. The predicted molar refractivity (Wildman–Crippen MR) is 143 cm³/mol. The first-order valence-corrected chi connectivity index (χ1v) is 13.7. The smallest absolute Gasteiger partial charge is 0.255 e. The van der Waals surface area contributed by atoms with Gasteiger partial charge in [0.2, 0.25) is 10.0 Å². The zero-order chi connectivity index (χ0) is 24.7. The van der Waals surface area contributed by atoms with Gasteiger partial charge in [-0.25, -0.2) is 8.42 Å². The summed E-state index contributed by atoms with van der Waals surface area (Å²) in [5, 5.41) is 5.97. The lowest BCUT2D eigenvalue weighted by Gasteiger charge is -2.24. The number of hydrogen-bond acceptors (Lipinski definition) is 3. The minimum Gasteiger partial charge on any atom is -0.321 e. The Morgan fingerprint density at radius 2 is 1.66 bits per heavy atom. The number of aryl methyl sites for hydroxylation is 2. The van der Waals surface area contributed by atoms with Crippen LogP contribution in [0.25, 0.3) is 10.8 Å². The second kappa shape index (κ2) is 9.19. The van der Waals surface area contributed by atoms with Crippen molar-refractivity contribution >= 4 is 61.3 Å². The van der Waals surface area contributed by atoms with E-state index in [4.69, 9.17) is 23.2 Å². The van der Waals surface area contributed by atoms with Crippen molar-refractivity contribution < 1.29 is 13.2 Å². The van der Waals surface area contributed by atoms with Crippen LogP contribution in [0, 0.1) is 0 Å². The molecule has 0 aliphatic heterocycles. The molecule has 35 heavy (non-hydrogen) atoms. The number of anilines is 2. The Labute approximate surface area is 214 Å². The highest BCUT2D eigenvalue weighted by Gasteiger charge is 2.21. The Hall–Kier alpha value is -3.06. The van der Waals surface area contributed by atoms with Gasteiger partial charge < -0.3 is 5.32 Å². The van der Waals surface area contributed by atoms with Crippen LogP contribution in [0.3, 0.4) is 0 Å². The number of rotatable bonds is 6. The normalized spacial score (nSPS) is 12.7. The third-order valence-corrected chi connectivity index (χ3v) is 7.93. The molecule has 8 heteroatoms. The van der Waals surface area contributed by atoms with Crippen molar-refractivity contribution in [3.63, 3.8) is 0 Å². The summed E-state index contributed by atoms with van der Waals surface area (Å²) in [5.41, 5.74) is 4.88. The number of amides is 1. The van der Waals surface area contributed by atoms with Crippen molar-refractivity contribution in [1.29, 1.82) is 0 Å². The van der Waals surface area contributed by atoms with E-state index in [-0.39, 0.29) is 17.5 Å². The number of carbonyl (C=O) groups is 1. The van der Waals surface area contributed by atoms with E-state index in [1.54, 1.807) is 36.4 Å². The second-order valence-electron chi connectivity index (χ2n) is 8.63. The molecule has 0 saturated heterocycles. The van der Waals surface area contributed by atoms with Crippen LogP contribution in [-0.2, 0) is 29.4 Å². The SMILES string of the molecule is CS(=O)(=O)N(Cc1ccc(C(=O)Nc2ccc3c4c(cccc24)CC3)cc1)c1cc(Cl)ccc1Cl. The van der Waals surface area contributed by atoms with Crippen molar-refractivity contribution in [3.05, 3.63) is 105 Å². The highest BCUT2D eigenvalue weighted by molar-refractivity contribution is 7.92. The van der Waals surface area contributed by atoms with Gasteiger partial charge in [-0.2, -0.15) is 0 Å². The van der Waals surface area contributed by atoms with Crippen LogP contribution in [0.2, 0.25) is 10.0 Å². The van der Waals surface area contributed by atoms with Gasteiger partial charge in [-0.05, 0) is 71.3 Å². The Balaban J connectivity index is 1.38. The first-order chi connectivity index (χ1) is 16.7. The van der Waals surface area contributed by atoms with E-state index < -0.39 is 10.0 Å². The van der Waals surface area contributed by atoms with Crippen molar-refractivity contribution in [1.82, 2.24) is 0 Å². The summed E-state index contributed by atoms with van der Waals surface area (Å²) in [6, 6.07) is 21.8. The van der Waals surface area contributed by atoms with Gasteiger partial charge in [0.05, 0.1) is 23.5 Å². The molecule has 0 atom stereocenters. The summed E-state index contributed by atoms with van der Waals surface area (Å²) >= 11 is 12.3. The maximum absolute atomic E-state index is 13.0. The largest absolute Gasteiger partial charge is 0.321 e. The lowest BCUT2D eigenvalue weighted by molar-refractivity contribution is 0.102. The molecule has 0 fully saturated rings. The minimum atomic E-state index is -3.63. The van der Waals surface area contributed by atoms with Crippen LogP contribution in [0.15, 0.2) is 72.8 Å². The van der Waals surface area contributed by atoms with Gasteiger partial charge in [-0.15, -0.1) is 0 Å². The number of sulfonamides is 1. The van der Waals surface area contributed by atoms with Gasteiger partial charge in [0.1, 0.15) is 0 Å². The number of nitrogens with zero attached hydrogens (tertiary/aromatic N) is 1. The van der Waals surface area contributed by atoms with Gasteiger partial charge in [0.15, 0.2) is 0 Å². The maximum atomic E-state index is 13.0. The van der Waals surface area contributed by atoms with Crippen LogP contribution in [-0.4, -0.2) is 20.6 Å². The highest BCUT2D eigenvalue weighted by atomic mass is 35.5. The fraction of sp³-hybridized carbons (Fsp3) is 0.148. The average molecular weight is 525 g/mol. The molecule has 5 rings (SSSR count). The fourth-order valence-electron chi connectivity index (χ4n) is 4.54. The molecular formula is C27H22Cl2N2O3S. The molecule has 5 nitrogen and oxygen atoms in total. The van der Waals surface area contributed by atoms with Gasteiger partial charge in [0, 0.05) is 21.7 Å². The Kier molecular flexibility index (Phi) is 6.21. The Morgan fingerprint density at radius 3 is 2.37 bits per heavy atom. The number of carbonyl (C=O) groups excluding carboxylic acids is 1. The predicted octanol–water partition coefficient (Wildman–Crippen LogP) is 6.46. The van der Waals surface area contributed by atoms with Crippen LogP contribution >= 0.6 is 23.2 Å². The fourth-order valence-corrected chi connectivity index (χ4v) is 5.86. The van der Waals surface area contributed by atoms with Gasteiger partial charge in [-0.1, -0.05) is 59.6 Å². The second-order valence-corrected chi connectivity index (χ2v) is 11.4. The average Bonchev–Trinajstić information content (AvgIpc) is 3.25. The maximum Gasteiger partial charge on any atom is 0.255 e. The van der Waals surface area contributed by atoms with Gasteiger partial charge in [0.25, 0.3) is 5.91 Å². The zero-order valence-electron chi connectivity index (χ0n) is 18.9. The van der Waals surface area contributed by atoms with Gasteiger partial charge >= 0.3 is 0 Å². The molecule has 0 bridgehead atoms. The monoisotopic (exact) mass is 524 g/mol. The number of benzene rings is 4. The Morgan fingerprint density at radius 1 is 0.943 bits per heavy atom. The van der Waals surface area contributed by atoms with E-state index in [2.05, 4.69) is 17.4 Å². The van der Waals surface area contributed by atoms with Gasteiger partial charge in [-0.3, -0.25) is 9.10 Å². The lowest BCUT2D eigenvalue weighted by Crippen LogP contribution is -2.29. The van der Waals surface area contributed by atoms with Crippen molar-refractivity contribution in [2.75, 3.05) is 15.9 Å². The molecule has 1 N–H and O–H groups in total. The van der Waals surface area contributed by atoms with Crippen molar-refractivity contribution in [3.8, 4) is 0 Å². The summed E-state index contributed by atoms with van der Waals surface area (Å²) in [5.74, 6) is -0.229. The van der Waals surface area contributed by atoms with Crippen LogP contribution < -0.4 is 9.62 Å². The molecule has 4 aromatic carbocycles. The summed E-state index contributed by atoms with van der Waals surface area (Å²) in [6.45, 7) is 0.0513. The minimum absolute atomic E-state index is 0.0513. The third-order valence-electron chi connectivity index (χ3n) is 6.24. The van der Waals surface area contributed by atoms with E-state index in [1.165, 1.54) is 26.9 Å². The van der Waals surface area contributed by atoms with E-state index in [0.717, 1.165) is 30.2 Å². The molecule has 0 unspecified atom stereocenters. The molecule has 0 radical (unpaired) electrons. The number of hydrogen-bond donors (Lipinski definition) is 1. The highest BCUT2D eigenvalue weighted by Crippen LogP contribution is 2.35. The van der Waals surface area contributed by atoms with Crippen molar-refractivity contribution in [2.24, 2.45) is 0 Å². The van der Waals surface area contributed by atoms with E-state index in [0.29, 0.717) is 21.8 Å². The molecule has 0 saturated carbocycles. The van der Waals surface area contributed by atoms with E-state index in [1.807, 2.05) is 18.2 Å². The lowest BCUT2D eigenvalue weighted by atomic mass is 10.0. The molecule has 178 valence electrons. The quantitative estimate of drug-likeness (QED) is 0.314. The standard InChI is InChI=1S/C27H22Cl2N2O3S/c1-35(33,34)31(25-15-21(28)12-13-23(25)29)16-17-5-7-20(8-6-17)27(32)30-24-14-11-19-10-9-18-3-2-4-22(24)26(18)19/h2-8,11-15H,9-10,16H2,1H3,(H,30,32). The molecular weight excluding hydrogens is 503 g/mol. The number of halogens is 2. The first-order valence-electron chi connectivity index (χ1n) is 11.1. The molecule has 4 aromatic rings. The Bertz CT molecular complexity index is 1560. The summed E-state index contributed by atoms with van der Waals surface area (Å²) in [6.07, 6.45) is 3.16. The summed E-state index contributed by atoms with van der Waals surface area (Å²) in [4.78, 5) is 13.0. The van der Waals surface area contributed by atoms with Crippen molar-refractivity contribution in [2.45, 2.75) is 19.4 Å². The summed E-state index contributed by atoms with van der Waals surface area (Å²) in [7, 11) is -3.63. The van der Waals surface area contributed by atoms with E-state index >= 15 is 0 Å². The molecule has 1 aliphatic carbocycles. The number of nitrogens with one attached hydrogen (secondary N) is 1. The summed E-state index contributed by atoms with van der Waals surface area (Å²) < 4.78 is 26.2. The van der Waals surface area contributed by atoms with Crippen LogP contribution in [0.5, 0.6) is 0 Å². The van der Waals surface area contributed by atoms with Crippen LogP contribution in [0.4, 0.5) is 11.4 Å². The third kappa shape index (κ3) is 4.74. The molecule has 0 aromatic heterocycles. The first kappa shape index (κ1) is 23.7. The molecule has 0 heterocycles. The molecule has 1 amide bonds. The van der Waals surface area contributed by atoms with E-state index in [9.17, 15) is 13.2 Å². The topological polar surface area (TPSA) is 66.5 Å². The van der Waals surface area contributed by atoms with Crippen LogP contribution in [0.1, 0.15) is 27.0 Å². The zero-order valence-corrected chi connectivity index (χ0v) is 21.2. The molecule has 1 aliphatic rings.